The molecule has 0 amide bonds. The van der Waals surface area contributed by atoms with Crippen LogP contribution in [0, 0.1) is 17.6 Å². The lowest BCUT2D eigenvalue weighted by atomic mass is 9.62. The Kier molecular flexibility index (Phi) is 3.69. The molecule has 0 N–H and O–H groups in total. The Labute approximate surface area is 109 Å². The highest BCUT2D eigenvalue weighted by Crippen LogP contribution is 2.40. The molecule has 1 aliphatic rings. The van der Waals surface area contributed by atoms with Gasteiger partial charge in [-0.25, -0.2) is 8.78 Å². The maximum atomic E-state index is 13.9. The molecule has 0 aromatic heterocycles. The Hall–Kier alpha value is -0.990. The fourth-order valence-corrected chi connectivity index (χ4v) is 2.31. The van der Waals surface area contributed by atoms with Crippen LogP contribution in [0.4, 0.5) is 8.78 Å². The van der Waals surface area contributed by atoms with E-state index in [4.69, 9.17) is 4.74 Å². The van der Waals surface area contributed by atoms with Gasteiger partial charge in [0.25, 0.3) is 0 Å². The first kappa shape index (κ1) is 13.4. The van der Waals surface area contributed by atoms with Crippen molar-refractivity contribution in [2.45, 2.75) is 38.0 Å². The second-order valence-electron chi connectivity index (χ2n) is 5.61. The Balaban J connectivity index is 2.30. The van der Waals surface area contributed by atoms with Crippen LogP contribution in [0.25, 0.3) is 0 Å². The summed E-state index contributed by atoms with van der Waals surface area (Å²) in [6.45, 7) is 1.98. The summed E-state index contributed by atoms with van der Waals surface area (Å²) in [6, 6.07) is 2.28. The van der Waals surface area contributed by atoms with E-state index in [9.17, 15) is 8.78 Å². The van der Waals surface area contributed by atoms with Crippen molar-refractivity contribution in [2.75, 3.05) is 0 Å². The lowest BCUT2D eigenvalue weighted by Gasteiger charge is -2.28. The highest BCUT2D eigenvalue weighted by Gasteiger charge is 2.40. The van der Waals surface area contributed by atoms with Crippen molar-refractivity contribution >= 4 is 15.7 Å². The minimum absolute atomic E-state index is 0.232. The van der Waals surface area contributed by atoms with Crippen LogP contribution in [0.3, 0.4) is 0 Å². The molecule has 0 aliphatic heterocycles. The molecular weight excluding hydrogens is 232 g/mol. The van der Waals surface area contributed by atoms with Crippen LogP contribution >= 0.6 is 0 Å². The summed E-state index contributed by atoms with van der Waals surface area (Å²) >= 11 is 0. The van der Waals surface area contributed by atoms with Crippen molar-refractivity contribution in [3.05, 3.63) is 29.3 Å². The second kappa shape index (κ2) is 4.94. The van der Waals surface area contributed by atoms with Crippen LogP contribution in [-0.2, 0) is 6.42 Å². The Bertz CT molecular complexity index is 445. The van der Waals surface area contributed by atoms with Gasteiger partial charge in [-0.2, -0.15) is 0 Å². The van der Waals surface area contributed by atoms with E-state index in [-0.39, 0.29) is 11.1 Å². The minimum atomic E-state index is -0.591. The summed E-state index contributed by atoms with van der Waals surface area (Å²) in [5.41, 5.74) is 0.628. The molecule has 5 heteroatoms. The predicted octanol–water partition coefficient (Wildman–Crippen LogP) is 1.63. The molecular formula is C13H18B2F2O. The average Bonchev–Trinajstić information content (AvgIpc) is 3.07. The molecule has 96 valence electrons. The van der Waals surface area contributed by atoms with E-state index >= 15 is 0 Å². The number of halogens is 2. The smallest absolute Gasteiger partial charge is 0.168 e. The molecule has 1 aliphatic carbocycles. The van der Waals surface area contributed by atoms with Crippen molar-refractivity contribution in [3.63, 3.8) is 0 Å². The lowest BCUT2D eigenvalue weighted by Crippen LogP contribution is -2.40. The molecule has 0 saturated heterocycles. The van der Waals surface area contributed by atoms with Crippen LogP contribution < -0.4 is 4.74 Å². The van der Waals surface area contributed by atoms with Crippen LogP contribution in [0.2, 0.25) is 0 Å². The topological polar surface area (TPSA) is 9.23 Å². The van der Waals surface area contributed by atoms with E-state index in [0.717, 1.165) is 25.3 Å². The van der Waals surface area contributed by atoms with Crippen LogP contribution in [0.1, 0.15) is 31.7 Å². The zero-order chi connectivity index (χ0) is 13.3. The van der Waals surface area contributed by atoms with E-state index in [0.29, 0.717) is 17.9 Å². The third-order valence-electron chi connectivity index (χ3n) is 3.53. The van der Waals surface area contributed by atoms with Gasteiger partial charge in [0.05, 0.1) is 0 Å². The number of benzene rings is 1. The van der Waals surface area contributed by atoms with Crippen molar-refractivity contribution < 1.29 is 13.5 Å². The first-order valence-corrected chi connectivity index (χ1v) is 6.61. The molecule has 1 aromatic rings. The van der Waals surface area contributed by atoms with E-state index in [2.05, 4.69) is 0 Å². The molecule has 18 heavy (non-hydrogen) atoms. The largest absolute Gasteiger partial charge is 0.502 e. The quantitative estimate of drug-likeness (QED) is 0.721. The first-order chi connectivity index (χ1) is 8.44. The van der Waals surface area contributed by atoms with Gasteiger partial charge < -0.3 is 4.74 Å². The molecule has 1 fully saturated rings. The molecule has 1 nitrogen and oxygen atoms in total. The van der Waals surface area contributed by atoms with Gasteiger partial charge >= 0.3 is 0 Å². The molecule has 0 unspecified atom stereocenters. The predicted molar refractivity (Wildman–Crippen MR) is 73.5 cm³/mol. The van der Waals surface area contributed by atoms with Gasteiger partial charge in [-0.3, -0.25) is 0 Å². The molecule has 0 atom stereocenters. The van der Waals surface area contributed by atoms with Gasteiger partial charge in [0, 0.05) is 17.0 Å². The summed E-state index contributed by atoms with van der Waals surface area (Å²) in [7, 11) is 3.95. The Morgan fingerprint density at radius 1 is 1.33 bits per heavy atom. The van der Waals surface area contributed by atoms with E-state index < -0.39 is 11.6 Å². The molecule has 0 spiro atoms. The fourth-order valence-electron chi connectivity index (χ4n) is 2.31. The van der Waals surface area contributed by atoms with Gasteiger partial charge in [0.15, 0.2) is 11.6 Å². The van der Waals surface area contributed by atoms with Crippen molar-refractivity contribution in [1.82, 2.24) is 0 Å². The van der Waals surface area contributed by atoms with Crippen molar-refractivity contribution in [1.29, 1.82) is 0 Å². The second-order valence-corrected chi connectivity index (χ2v) is 5.61. The maximum Gasteiger partial charge on any atom is 0.168 e. The van der Waals surface area contributed by atoms with E-state index in [1.807, 2.05) is 22.6 Å². The number of ether oxygens (including phenoxy) is 1. The molecule has 0 heterocycles. The van der Waals surface area contributed by atoms with Crippen LogP contribution in [0.15, 0.2) is 12.1 Å². The molecule has 0 bridgehead atoms. The van der Waals surface area contributed by atoms with E-state index in [1.165, 1.54) is 6.07 Å². The molecule has 1 saturated carbocycles. The van der Waals surface area contributed by atoms with Crippen molar-refractivity contribution in [3.8, 4) is 5.75 Å². The minimum Gasteiger partial charge on any atom is -0.502 e. The van der Waals surface area contributed by atoms with Gasteiger partial charge in [-0.1, -0.05) is 13.3 Å². The molecule has 1 aromatic carbocycles. The molecule has 2 rings (SSSR count). The van der Waals surface area contributed by atoms with Crippen molar-refractivity contribution in [2.24, 2.45) is 5.92 Å². The molecule has 0 radical (unpaired) electrons. The third-order valence-corrected chi connectivity index (χ3v) is 3.53. The first-order valence-electron chi connectivity index (χ1n) is 6.61. The maximum absolute atomic E-state index is 13.9. The van der Waals surface area contributed by atoms with Crippen LogP contribution in [0.5, 0.6) is 5.75 Å². The summed E-state index contributed by atoms with van der Waals surface area (Å²) in [5.74, 6) is -0.411. The lowest BCUT2D eigenvalue weighted by molar-refractivity contribution is 0.204. The third kappa shape index (κ3) is 2.88. The number of aryl methyl sites for hydroxylation is 1. The fraction of sp³-hybridized carbons (Fsp3) is 0.538. The van der Waals surface area contributed by atoms with Gasteiger partial charge in [0.2, 0.25) is 0 Å². The van der Waals surface area contributed by atoms with Gasteiger partial charge in [0.1, 0.15) is 21.5 Å². The Morgan fingerprint density at radius 3 is 2.56 bits per heavy atom. The zero-order valence-corrected chi connectivity index (χ0v) is 11.2. The summed E-state index contributed by atoms with van der Waals surface area (Å²) < 4.78 is 33.0. The average molecular weight is 250 g/mol. The summed E-state index contributed by atoms with van der Waals surface area (Å²) in [4.78, 5) is 0. The normalized spacial score (nSPS) is 15.7. The zero-order valence-electron chi connectivity index (χ0n) is 11.2. The highest BCUT2D eigenvalue weighted by atomic mass is 19.1. The number of hydrogen-bond acceptors (Lipinski definition) is 1. The van der Waals surface area contributed by atoms with Gasteiger partial charge in [-0.05, 0) is 31.2 Å². The van der Waals surface area contributed by atoms with Gasteiger partial charge in [-0.15, -0.1) is 0 Å². The summed E-state index contributed by atoms with van der Waals surface area (Å²) in [6.07, 6.45) is 3.71. The van der Waals surface area contributed by atoms with E-state index in [1.54, 1.807) is 0 Å². The number of rotatable bonds is 5. The standard InChI is InChI=1S/C13H18B2F2O/c1-2-3-8-6-10(16)7-11(17)12(8)18-13(14,15)9-4-5-9/h6-7,9H,2-5,14-15H2,1H3. The highest BCUT2D eigenvalue weighted by molar-refractivity contribution is 6.39. The monoisotopic (exact) mass is 250 g/mol. The Morgan fingerprint density at radius 2 is 2.00 bits per heavy atom. The number of hydrogen-bond donors (Lipinski definition) is 0. The summed E-state index contributed by atoms with van der Waals surface area (Å²) in [5, 5.41) is -0.374. The SMILES string of the molecule is BC(B)(Oc1c(F)cc(F)cc1CCC)C1CC1. The van der Waals surface area contributed by atoms with Crippen LogP contribution in [-0.4, -0.2) is 21.1 Å².